The number of thioether (sulfide) groups is 1. The fourth-order valence-corrected chi connectivity index (χ4v) is 5.67. The molecule has 0 spiro atoms. The lowest BCUT2D eigenvalue weighted by Crippen LogP contribution is -2.41. The predicted octanol–water partition coefficient (Wildman–Crippen LogP) is 2.19. The minimum Gasteiger partial charge on any atom is -0.463 e. The topological polar surface area (TPSA) is 132 Å². The van der Waals surface area contributed by atoms with E-state index in [1.807, 2.05) is 0 Å². The maximum absolute atomic E-state index is 15.1. The Labute approximate surface area is 204 Å². The molecule has 0 radical (unpaired) electrons. The van der Waals surface area contributed by atoms with Gasteiger partial charge in [-0.2, -0.15) is 0 Å². The van der Waals surface area contributed by atoms with Crippen molar-refractivity contribution in [2.24, 2.45) is 16.6 Å². The first-order chi connectivity index (χ1) is 16.6. The van der Waals surface area contributed by atoms with Crippen molar-refractivity contribution < 1.29 is 23.1 Å². The smallest absolute Gasteiger partial charge is 0.275 e. The molecule has 35 heavy (non-hydrogen) atoms. The number of anilines is 1. The van der Waals surface area contributed by atoms with Gasteiger partial charge >= 0.3 is 0 Å². The number of benzene rings is 1. The van der Waals surface area contributed by atoms with Crippen LogP contribution in [0, 0.1) is 29.9 Å². The molecule has 0 unspecified atom stereocenters. The summed E-state index contributed by atoms with van der Waals surface area (Å²) in [7, 11) is 0. The van der Waals surface area contributed by atoms with Crippen molar-refractivity contribution in [3.8, 4) is 18.2 Å². The van der Waals surface area contributed by atoms with Crippen molar-refractivity contribution in [3.05, 3.63) is 47.4 Å². The molecule has 182 valence electrons. The Hall–Kier alpha value is -3.72. The van der Waals surface area contributed by atoms with Crippen LogP contribution < -0.4 is 21.1 Å². The first-order valence-corrected chi connectivity index (χ1v) is 11.4. The zero-order chi connectivity index (χ0) is 25.4. The van der Waals surface area contributed by atoms with E-state index in [0.717, 1.165) is 6.07 Å². The number of amides is 2. The molecule has 4 N–H and O–H groups in total. The Morgan fingerprint density at radius 3 is 2.77 bits per heavy atom. The third-order valence-corrected chi connectivity index (χ3v) is 7.29. The summed E-state index contributed by atoms with van der Waals surface area (Å²) in [5, 5.41) is 5.50. The van der Waals surface area contributed by atoms with E-state index in [0.29, 0.717) is 13.0 Å². The third-order valence-electron chi connectivity index (χ3n) is 5.99. The van der Waals surface area contributed by atoms with E-state index < -0.39 is 27.8 Å². The van der Waals surface area contributed by atoms with E-state index in [1.165, 1.54) is 37.1 Å². The lowest BCUT2D eigenvalue weighted by molar-refractivity contribution is -0.119. The van der Waals surface area contributed by atoms with Crippen LogP contribution in [-0.4, -0.2) is 44.8 Å². The van der Waals surface area contributed by atoms with Gasteiger partial charge in [0.05, 0.1) is 17.9 Å². The molecule has 0 bridgehead atoms. The Kier molecular flexibility index (Phi) is 6.38. The summed E-state index contributed by atoms with van der Waals surface area (Å²) in [6.45, 7) is 3.39. The van der Waals surface area contributed by atoms with Gasteiger partial charge in [-0.05, 0) is 19.4 Å². The number of hydrogen-bond acceptors (Lipinski definition) is 8. The van der Waals surface area contributed by atoms with Crippen LogP contribution in [0.2, 0.25) is 0 Å². The highest BCUT2D eigenvalue weighted by Gasteiger charge is 2.66. The molecular weight excluding hydrogens is 478 g/mol. The molecule has 9 nitrogen and oxygen atoms in total. The second-order valence-corrected chi connectivity index (χ2v) is 9.87. The van der Waals surface area contributed by atoms with Gasteiger partial charge in [0.25, 0.3) is 5.91 Å². The highest BCUT2D eigenvalue weighted by atomic mass is 32.2. The van der Waals surface area contributed by atoms with Crippen molar-refractivity contribution in [1.82, 2.24) is 15.3 Å². The van der Waals surface area contributed by atoms with E-state index in [4.69, 9.17) is 16.9 Å². The van der Waals surface area contributed by atoms with Crippen molar-refractivity contribution in [3.63, 3.8) is 0 Å². The first kappa shape index (κ1) is 24.4. The van der Waals surface area contributed by atoms with E-state index >= 15 is 4.39 Å². The number of aliphatic imine (C=N–C) groups is 1. The monoisotopic (exact) mass is 500 g/mol. The molecule has 4 rings (SSSR count). The molecule has 1 aliphatic carbocycles. The maximum atomic E-state index is 15.1. The summed E-state index contributed by atoms with van der Waals surface area (Å²) >= 11 is 1.32. The molecule has 1 aromatic heterocycles. The lowest BCUT2D eigenvalue weighted by Gasteiger charge is -2.34. The van der Waals surface area contributed by atoms with E-state index in [9.17, 15) is 14.0 Å². The Balaban J connectivity index is 1.60. The number of rotatable bonds is 7. The fraction of sp³-hybridized carbons (Fsp3) is 0.348. The molecule has 1 aliphatic heterocycles. The SMILES string of the molecule is C#CCOc1cnc(C(=O)Nc2cc(F)c(F)c([C@@]3(C)N=C(N)S[C@@]4(CNC(C)=O)C[C@H]43)c2)cn1. The number of nitrogens with one attached hydrogen (secondary N) is 2. The average Bonchev–Trinajstić information content (AvgIpc) is 3.54. The highest BCUT2D eigenvalue weighted by Crippen LogP contribution is 2.65. The van der Waals surface area contributed by atoms with Gasteiger partial charge in [0.2, 0.25) is 11.8 Å². The number of halogens is 2. The minimum atomic E-state index is -1.20. The van der Waals surface area contributed by atoms with E-state index in [1.54, 1.807) is 6.92 Å². The summed E-state index contributed by atoms with van der Waals surface area (Å²) in [5.41, 5.74) is 4.76. The van der Waals surface area contributed by atoms with Crippen LogP contribution in [0.15, 0.2) is 29.5 Å². The molecule has 0 saturated heterocycles. The minimum absolute atomic E-state index is 0.00474. The average molecular weight is 501 g/mol. The van der Waals surface area contributed by atoms with Crippen LogP contribution in [0.3, 0.4) is 0 Å². The standard InChI is InChI=1S/C23H22F2N6O3S/c1-4-5-34-18-10-27-16(9-28-18)20(33)30-13-6-14(19(25)15(24)7-13)22(3)17-8-23(17,11-29-12(2)32)35-21(26)31-22/h1,6-7,9-10,17H,5,8,11H2,2-3H3,(H2,26,31)(H,29,32)(H,30,33)/t17-,22+,23+/m0/s1. The van der Waals surface area contributed by atoms with Crippen molar-refractivity contribution in [2.75, 3.05) is 18.5 Å². The largest absolute Gasteiger partial charge is 0.463 e. The van der Waals surface area contributed by atoms with Gasteiger partial charge in [0.1, 0.15) is 5.69 Å². The summed E-state index contributed by atoms with van der Waals surface area (Å²) in [6, 6.07) is 2.21. The molecule has 2 heterocycles. The summed E-state index contributed by atoms with van der Waals surface area (Å²) in [6.07, 6.45) is 8.11. The number of aromatic nitrogens is 2. The van der Waals surface area contributed by atoms with Crippen molar-refractivity contribution in [1.29, 1.82) is 0 Å². The molecule has 2 aliphatic rings. The Morgan fingerprint density at radius 2 is 2.11 bits per heavy atom. The predicted molar refractivity (Wildman–Crippen MR) is 127 cm³/mol. The zero-order valence-corrected chi connectivity index (χ0v) is 19.7. The number of fused-ring (bicyclic) bond motifs is 1. The fourth-order valence-electron chi connectivity index (χ4n) is 4.25. The second kappa shape index (κ2) is 9.14. The van der Waals surface area contributed by atoms with Crippen LogP contribution >= 0.6 is 11.8 Å². The molecule has 2 amide bonds. The van der Waals surface area contributed by atoms with Gasteiger partial charge in [-0.25, -0.2) is 18.7 Å². The number of amidine groups is 1. The van der Waals surface area contributed by atoms with Gasteiger partial charge in [0.15, 0.2) is 23.4 Å². The lowest BCUT2D eigenvalue weighted by atomic mass is 9.85. The Bertz CT molecular complexity index is 1270. The van der Waals surface area contributed by atoms with Crippen LogP contribution in [-0.2, 0) is 10.3 Å². The van der Waals surface area contributed by atoms with E-state index in [-0.39, 0.29) is 46.4 Å². The number of ether oxygens (including phenoxy) is 1. The van der Waals surface area contributed by atoms with Crippen LogP contribution in [0.25, 0.3) is 0 Å². The quantitative estimate of drug-likeness (QED) is 0.497. The Morgan fingerprint density at radius 1 is 1.34 bits per heavy atom. The number of carbonyl (C=O) groups excluding carboxylic acids is 2. The van der Waals surface area contributed by atoms with Gasteiger partial charge in [-0.15, -0.1) is 6.42 Å². The van der Waals surface area contributed by atoms with Crippen LogP contribution in [0.5, 0.6) is 5.88 Å². The summed E-state index contributed by atoms with van der Waals surface area (Å²) < 4.78 is 34.3. The van der Waals surface area contributed by atoms with Crippen LogP contribution in [0.1, 0.15) is 36.3 Å². The van der Waals surface area contributed by atoms with Crippen LogP contribution in [0.4, 0.5) is 14.5 Å². The molecule has 1 saturated carbocycles. The number of nitrogens with two attached hydrogens (primary N) is 1. The zero-order valence-electron chi connectivity index (χ0n) is 18.9. The number of nitrogens with zero attached hydrogens (tertiary/aromatic N) is 3. The molecule has 12 heteroatoms. The summed E-state index contributed by atoms with van der Waals surface area (Å²) in [5.74, 6) is -0.899. The number of hydrogen-bond donors (Lipinski definition) is 3. The van der Waals surface area contributed by atoms with Gasteiger partial charge < -0.3 is 21.1 Å². The second-order valence-electron chi connectivity index (χ2n) is 8.44. The maximum Gasteiger partial charge on any atom is 0.275 e. The molecular formula is C23H22F2N6O3S. The van der Waals surface area contributed by atoms with Gasteiger partial charge in [0, 0.05) is 41.5 Å². The molecule has 3 atom stereocenters. The molecule has 2 aromatic rings. The summed E-state index contributed by atoms with van der Waals surface area (Å²) in [4.78, 5) is 36.4. The van der Waals surface area contributed by atoms with Gasteiger partial charge in [-0.3, -0.25) is 14.6 Å². The highest BCUT2D eigenvalue weighted by molar-refractivity contribution is 8.15. The normalized spacial score (nSPS) is 24.4. The van der Waals surface area contributed by atoms with E-state index in [2.05, 4.69) is 31.5 Å². The van der Waals surface area contributed by atoms with Crippen molar-refractivity contribution >= 4 is 34.4 Å². The number of terminal acetylenes is 1. The molecule has 1 fully saturated rings. The number of carbonyl (C=O) groups is 2. The first-order valence-electron chi connectivity index (χ1n) is 10.6. The van der Waals surface area contributed by atoms with Crippen molar-refractivity contribution in [2.45, 2.75) is 30.6 Å². The third kappa shape index (κ3) is 4.77. The molecule has 1 aromatic carbocycles. The van der Waals surface area contributed by atoms with Gasteiger partial charge in [-0.1, -0.05) is 17.7 Å².